The van der Waals surface area contributed by atoms with Crippen LogP contribution in [0.25, 0.3) is 28.0 Å². The van der Waals surface area contributed by atoms with E-state index >= 15 is 0 Å². The number of nitrogens with one attached hydrogen (secondary N) is 1. The Hall–Kier alpha value is -4.85. The van der Waals surface area contributed by atoms with E-state index in [1.165, 1.54) is 6.33 Å². The summed E-state index contributed by atoms with van der Waals surface area (Å²) in [5, 5.41) is 6.44. The molecule has 0 aliphatic heterocycles. The quantitative estimate of drug-likeness (QED) is 0.186. The Morgan fingerprint density at radius 3 is 2.47 bits per heavy atom. The zero-order chi connectivity index (χ0) is 32.1. The number of carbonyl (C=O) groups excluding carboxylic acids is 1. The third-order valence-electron chi connectivity index (χ3n) is 7.64. The zero-order valence-corrected chi connectivity index (χ0v) is 26.1. The number of amides is 1. The van der Waals surface area contributed by atoms with Gasteiger partial charge >= 0.3 is 0 Å². The lowest BCUT2D eigenvalue weighted by Crippen LogP contribution is -2.41. The molecular formula is C31H35FN8O4S. The summed E-state index contributed by atoms with van der Waals surface area (Å²) in [5.41, 5.74) is 10.4. The van der Waals surface area contributed by atoms with Crippen LogP contribution in [-0.4, -0.2) is 74.5 Å². The van der Waals surface area contributed by atoms with Gasteiger partial charge in [0.15, 0.2) is 9.84 Å². The summed E-state index contributed by atoms with van der Waals surface area (Å²) in [7, 11) is -3.75. The fraction of sp³-hybridized carbons (Fsp3) is 0.323. The highest BCUT2D eigenvalue weighted by molar-refractivity contribution is 7.91. The minimum Gasteiger partial charge on any atom is -0.463 e. The molecule has 0 saturated heterocycles. The number of H-pyrrole nitrogens is 1. The van der Waals surface area contributed by atoms with Crippen LogP contribution >= 0.6 is 0 Å². The van der Waals surface area contributed by atoms with Gasteiger partial charge in [-0.15, -0.1) is 0 Å². The number of ether oxygens (including phenoxy) is 1. The predicted molar refractivity (Wildman–Crippen MR) is 168 cm³/mol. The Bertz CT molecular complexity index is 1880. The number of pyridine rings is 1. The third-order valence-corrected chi connectivity index (χ3v) is 8.83. The molecule has 3 N–H and O–H groups in total. The van der Waals surface area contributed by atoms with E-state index in [1.807, 2.05) is 32.0 Å². The highest BCUT2D eigenvalue weighted by atomic mass is 32.2. The Morgan fingerprint density at radius 1 is 1.11 bits per heavy atom. The van der Waals surface area contributed by atoms with E-state index in [4.69, 9.17) is 15.5 Å². The molecule has 236 valence electrons. The van der Waals surface area contributed by atoms with E-state index in [0.717, 1.165) is 29.4 Å². The first-order chi connectivity index (χ1) is 21.7. The fourth-order valence-corrected chi connectivity index (χ4v) is 6.55. The normalized spacial score (nSPS) is 12.4. The van der Waals surface area contributed by atoms with Crippen molar-refractivity contribution in [3.63, 3.8) is 0 Å². The van der Waals surface area contributed by atoms with Crippen molar-refractivity contribution >= 4 is 27.2 Å². The van der Waals surface area contributed by atoms with Crippen LogP contribution in [0.1, 0.15) is 49.4 Å². The Kier molecular flexibility index (Phi) is 9.42. The Morgan fingerprint density at radius 2 is 1.87 bits per heavy atom. The molecule has 1 atom stereocenters. The number of benzene rings is 1. The number of rotatable bonds is 13. The number of aryl methyl sites for hydroxylation is 1. The standard InChI is InChI=1S/C31H35FN8O4S/c1-4-15-39(31(41)29-35-19-36-38-29)22(5-2)9-13-26-27(45(3,42)43)28(33)40-16-14-24(30(40)37-26)21-8-12-25(34-17-21)20-6-10-23(11-7-20)44-18-32/h6-8,10-12,14,16-17,19,22H,4-5,9,13,15,18,33H2,1-3H3,(H,35,36,38)/t22-/m1/s1. The molecule has 0 saturated carbocycles. The number of halogens is 1. The maximum absolute atomic E-state index is 13.2. The van der Waals surface area contributed by atoms with Gasteiger partial charge in [-0.25, -0.2) is 22.8 Å². The average Bonchev–Trinajstić information content (AvgIpc) is 3.72. The van der Waals surface area contributed by atoms with Crippen molar-refractivity contribution in [1.82, 2.24) is 34.4 Å². The van der Waals surface area contributed by atoms with E-state index < -0.39 is 16.7 Å². The molecule has 12 nitrogen and oxygen atoms in total. The smallest absolute Gasteiger partial charge is 0.291 e. The van der Waals surface area contributed by atoms with Crippen LogP contribution in [0, 0.1) is 0 Å². The number of nitrogens with zero attached hydrogens (tertiary/aromatic N) is 6. The summed E-state index contributed by atoms with van der Waals surface area (Å²) in [4.78, 5) is 28.4. The number of hydrogen-bond acceptors (Lipinski definition) is 9. The van der Waals surface area contributed by atoms with Crippen LogP contribution in [0.15, 0.2) is 66.1 Å². The second-order valence-electron chi connectivity index (χ2n) is 10.6. The second kappa shape index (κ2) is 13.4. The van der Waals surface area contributed by atoms with E-state index in [0.29, 0.717) is 42.2 Å². The van der Waals surface area contributed by atoms with Gasteiger partial charge in [-0.3, -0.25) is 19.3 Å². The van der Waals surface area contributed by atoms with Crippen LogP contribution in [0.4, 0.5) is 10.2 Å². The molecule has 5 aromatic rings. The van der Waals surface area contributed by atoms with Gasteiger partial charge in [-0.1, -0.05) is 19.9 Å². The minimum atomic E-state index is -3.75. The molecule has 0 radical (unpaired) electrons. The highest BCUT2D eigenvalue weighted by Crippen LogP contribution is 2.32. The van der Waals surface area contributed by atoms with E-state index in [1.54, 1.807) is 46.0 Å². The van der Waals surface area contributed by atoms with Crippen LogP contribution in [0.5, 0.6) is 5.75 Å². The summed E-state index contributed by atoms with van der Waals surface area (Å²) in [6, 6.07) is 12.3. The van der Waals surface area contributed by atoms with Gasteiger partial charge in [0, 0.05) is 47.9 Å². The lowest BCUT2D eigenvalue weighted by Gasteiger charge is -2.30. The van der Waals surface area contributed by atoms with Gasteiger partial charge in [-0.2, -0.15) is 5.10 Å². The number of nitrogens with two attached hydrogens (primary N) is 1. The van der Waals surface area contributed by atoms with Crippen molar-refractivity contribution in [2.45, 2.75) is 50.5 Å². The lowest BCUT2D eigenvalue weighted by atomic mass is 10.0. The Labute approximate surface area is 260 Å². The molecule has 45 heavy (non-hydrogen) atoms. The molecular weight excluding hydrogens is 599 g/mol. The summed E-state index contributed by atoms with van der Waals surface area (Å²) in [6.45, 7) is 3.58. The molecule has 0 aliphatic carbocycles. The van der Waals surface area contributed by atoms with Crippen LogP contribution < -0.4 is 10.5 Å². The first-order valence-corrected chi connectivity index (χ1v) is 16.5. The number of anilines is 1. The van der Waals surface area contributed by atoms with Crippen molar-refractivity contribution in [3.05, 3.63) is 72.7 Å². The Balaban J connectivity index is 1.48. The van der Waals surface area contributed by atoms with Gasteiger partial charge in [0.25, 0.3) is 5.91 Å². The number of hydrogen-bond donors (Lipinski definition) is 2. The average molecular weight is 635 g/mol. The number of aromatic nitrogens is 6. The lowest BCUT2D eigenvalue weighted by molar-refractivity contribution is 0.0650. The minimum absolute atomic E-state index is 0.0238. The number of aromatic amines is 1. The van der Waals surface area contributed by atoms with Crippen LogP contribution in [-0.2, 0) is 16.3 Å². The fourth-order valence-electron chi connectivity index (χ4n) is 5.49. The first-order valence-electron chi connectivity index (χ1n) is 14.6. The highest BCUT2D eigenvalue weighted by Gasteiger charge is 2.28. The third kappa shape index (κ3) is 6.65. The molecule has 0 spiro atoms. The molecule has 14 heteroatoms. The largest absolute Gasteiger partial charge is 0.463 e. The maximum atomic E-state index is 13.2. The maximum Gasteiger partial charge on any atom is 0.291 e. The van der Waals surface area contributed by atoms with E-state index in [2.05, 4.69) is 20.2 Å². The SMILES string of the molecule is CCCN(C(=O)c1ncn[nH]1)[C@H](CC)CCc1nc2c(-c3ccc(-c4ccc(OCF)cc4)nc3)ccn2c(N)c1S(C)(=O)=O. The predicted octanol–water partition coefficient (Wildman–Crippen LogP) is 4.74. The van der Waals surface area contributed by atoms with Crippen molar-refractivity contribution in [1.29, 1.82) is 0 Å². The molecule has 5 rings (SSSR count). The van der Waals surface area contributed by atoms with Gasteiger partial charge in [0.05, 0.1) is 11.4 Å². The van der Waals surface area contributed by atoms with Crippen molar-refractivity contribution in [3.8, 4) is 28.1 Å². The van der Waals surface area contributed by atoms with Gasteiger partial charge in [0.1, 0.15) is 28.4 Å². The molecule has 4 heterocycles. The van der Waals surface area contributed by atoms with E-state index in [9.17, 15) is 17.6 Å². The zero-order valence-electron chi connectivity index (χ0n) is 25.3. The first kappa shape index (κ1) is 31.6. The number of fused-ring (bicyclic) bond motifs is 1. The molecule has 0 aliphatic rings. The number of nitrogen functional groups attached to an aromatic ring is 1. The van der Waals surface area contributed by atoms with Gasteiger partial charge in [-0.05, 0) is 62.1 Å². The number of alkyl halides is 1. The topological polar surface area (TPSA) is 161 Å². The van der Waals surface area contributed by atoms with Crippen molar-refractivity contribution < 1.29 is 22.3 Å². The van der Waals surface area contributed by atoms with Crippen molar-refractivity contribution in [2.24, 2.45) is 0 Å². The summed E-state index contributed by atoms with van der Waals surface area (Å²) >= 11 is 0. The van der Waals surface area contributed by atoms with Gasteiger partial charge in [0.2, 0.25) is 12.7 Å². The summed E-state index contributed by atoms with van der Waals surface area (Å²) in [5.74, 6) is 0.389. The van der Waals surface area contributed by atoms with Crippen molar-refractivity contribution in [2.75, 3.05) is 25.4 Å². The molecule has 0 fully saturated rings. The second-order valence-corrected chi connectivity index (χ2v) is 12.6. The van der Waals surface area contributed by atoms with E-state index in [-0.39, 0.29) is 34.9 Å². The van der Waals surface area contributed by atoms with Gasteiger partial charge < -0.3 is 15.4 Å². The summed E-state index contributed by atoms with van der Waals surface area (Å²) in [6.07, 6.45) is 7.93. The molecule has 0 unspecified atom stereocenters. The molecule has 1 aromatic carbocycles. The summed E-state index contributed by atoms with van der Waals surface area (Å²) < 4.78 is 44.9. The molecule has 4 aromatic heterocycles. The molecule has 0 bridgehead atoms. The number of carbonyl (C=O) groups is 1. The van der Waals surface area contributed by atoms with Crippen LogP contribution in [0.3, 0.4) is 0 Å². The monoisotopic (exact) mass is 634 g/mol. The van der Waals surface area contributed by atoms with Crippen LogP contribution in [0.2, 0.25) is 0 Å². The molecule has 1 amide bonds. The number of sulfone groups is 1.